The second-order valence-electron chi connectivity index (χ2n) is 6.92. The van der Waals surface area contributed by atoms with Gasteiger partial charge in [0.05, 0.1) is 17.3 Å². The number of guanidine groups is 1. The Hall–Kier alpha value is -1.000. The van der Waals surface area contributed by atoms with E-state index in [-0.39, 0.29) is 24.0 Å². The van der Waals surface area contributed by atoms with Gasteiger partial charge in [0.15, 0.2) is 11.1 Å². The second-order valence-corrected chi connectivity index (χ2v) is 8.19. The molecule has 6 nitrogen and oxygen atoms in total. The Morgan fingerprint density at radius 2 is 2.14 bits per heavy atom. The maximum Gasteiger partial charge on any atom is 0.194 e. The van der Waals surface area contributed by atoms with E-state index >= 15 is 0 Å². The van der Waals surface area contributed by atoms with Crippen LogP contribution in [-0.4, -0.2) is 53.6 Å². The third-order valence-corrected chi connectivity index (χ3v) is 5.87. The molecule has 0 unspecified atom stereocenters. The number of halogens is 2. The van der Waals surface area contributed by atoms with E-state index in [1.54, 1.807) is 11.3 Å². The van der Waals surface area contributed by atoms with Gasteiger partial charge in [-0.05, 0) is 25.8 Å². The van der Waals surface area contributed by atoms with Crippen LogP contribution in [0, 0.1) is 0 Å². The molecular formula is C19H30ClIN6S. The van der Waals surface area contributed by atoms with Crippen LogP contribution in [0.4, 0.5) is 5.13 Å². The third-order valence-electron chi connectivity index (χ3n) is 4.72. The molecule has 0 bridgehead atoms. The number of aryl methyl sites for hydroxylation is 1. The predicted octanol–water partition coefficient (Wildman–Crippen LogP) is 3.99. The van der Waals surface area contributed by atoms with Crippen molar-refractivity contribution in [3.05, 3.63) is 34.1 Å². The van der Waals surface area contributed by atoms with Crippen LogP contribution in [0.1, 0.15) is 31.2 Å². The van der Waals surface area contributed by atoms with Crippen molar-refractivity contribution in [3.63, 3.8) is 0 Å². The lowest BCUT2D eigenvalue weighted by atomic mass is 10.3. The Bertz CT molecular complexity index is 768. The summed E-state index contributed by atoms with van der Waals surface area (Å²) in [7, 11) is 4.07. The van der Waals surface area contributed by atoms with Crippen LogP contribution in [0.15, 0.2) is 22.6 Å². The van der Waals surface area contributed by atoms with Crippen LogP contribution in [0.25, 0.3) is 0 Å². The Kier molecular flexibility index (Phi) is 9.36. The molecule has 2 aromatic heterocycles. The van der Waals surface area contributed by atoms with E-state index in [0.717, 1.165) is 66.6 Å². The number of thiazole rings is 1. The predicted molar refractivity (Wildman–Crippen MR) is 131 cm³/mol. The summed E-state index contributed by atoms with van der Waals surface area (Å²) < 4.78 is 2.05. The van der Waals surface area contributed by atoms with Crippen molar-refractivity contribution in [2.24, 2.45) is 12.0 Å². The Labute approximate surface area is 194 Å². The summed E-state index contributed by atoms with van der Waals surface area (Å²) in [5.74, 6) is 0.907. The lowest BCUT2D eigenvalue weighted by Crippen LogP contribution is -2.39. The Morgan fingerprint density at radius 3 is 2.79 bits per heavy atom. The average Bonchev–Trinajstić information content (AvgIpc) is 3.36. The SMILES string of the molecule is CCNC(=NCCc1csc(N2CCCC2)n1)N(C)Cc1cc(Cl)cn1C.I. The average molecular weight is 537 g/mol. The van der Waals surface area contributed by atoms with Crippen molar-refractivity contribution in [1.82, 2.24) is 19.8 Å². The summed E-state index contributed by atoms with van der Waals surface area (Å²) in [5.41, 5.74) is 2.29. The zero-order chi connectivity index (χ0) is 19.2. The molecule has 0 aliphatic carbocycles. The highest BCUT2D eigenvalue weighted by Gasteiger charge is 2.15. The van der Waals surface area contributed by atoms with Gasteiger partial charge in [-0.2, -0.15) is 0 Å². The first-order valence-electron chi connectivity index (χ1n) is 9.56. The number of anilines is 1. The summed E-state index contributed by atoms with van der Waals surface area (Å²) in [4.78, 5) is 14.1. The van der Waals surface area contributed by atoms with Gasteiger partial charge in [0.1, 0.15) is 0 Å². The standard InChI is InChI=1S/C19H29ClN6S.HI/c1-4-21-18(25(3)13-17-11-15(20)12-24(17)2)22-8-7-16-14-27-19(23-16)26-9-5-6-10-26;/h11-12,14H,4-10,13H2,1-3H3,(H,21,22);1H. The van der Waals surface area contributed by atoms with E-state index in [9.17, 15) is 0 Å². The second kappa shape index (κ2) is 11.3. The number of aromatic nitrogens is 2. The van der Waals surface area contributed by atoms with Gasteiger partial charge in [0.25, 0.3) is 0 Å². The lowest BCUT2D eigenvalue weighted by Gasteiger charge is -2.22. The third kappa shape index (κ3) is 6.25. The molecule has 1 saturated heterocycles. The van der Waals surface area contributed by atoms with Gasteiger partial charge in [0.2, 0.25) is 0 Å². The van der Waals surface area contributed by atoms with E-state index in [0.29, 0.717) is 0 Å². The maximum atomic E-state index is 6.10. The summed E-state index contributed by atoms with van der Waals surface area (Å²) in [6.07, 6.45) is 5.35. The van der Waals surface area contributed by atoms with Gasteiger partial charge in [-0.15, -0.1) is 35.3 Å². The molecule has 1 aliphatic rings. The Morgan fingerprint density at radius 1 is 1.39 bits per heavy atom. The number of aliphatic imine (C=N–C) groups is 1. The zero-order valence-corrected chi connectivity index (χ0v) is 20.7. The minimum atomic E-state index is 0. The highest BCUT2D eigenvalue weighted by atomic mass is 127. The molecule has 3 rings (SSSR count). The maximum absolute atomic E-state index is 6.10. The number of nitrogens with one attached hydrogen (secondary N) is 1. The molecular weight excluding hydrogens is 507 g/mol. The smallest absolute Gasteiger partial charge is 0.194 e. The van der Waals surface area contributed by atoms with Crippen molar-refractivity contribution in [2.75, 3.05) is 38.1 Å². The van der Waals surface area contributed by atoms with Gasteiger partial charge in [-0.25, -0.2) is 4.98 Å². The summed E-state index contributed by atoms with van der Waals surface area (Å²) in [6, 6.07) is 2.00. The highest BCUT2D eigenvalue weighted by molar-refractivity contribution is 14.0. The molecule has 156 valence electrons. The van der Waals surface area contributed by atoms with Crippen molar-refractivity contribution in [3.8, 4) is 0 Å². The molecule has 3 heterocycles. The molecule has 0 aromatic carbocycles. The van der Waals surface area contributed by atoms with Crippen molar-refractivity contribution in [1.29, 1.82) is 0 Å². The number of hydrogen-bond acceptors (Lipinski definition) is 4. The summed E-state index contributed by atoms with van der Waals surface area (Å²) in [6.45, 7) is 6.69. The van der Waals surface area contributed by atoms with Gasteiger partial charge >= 0.3 is 0 Å². The molecule has 0 atom stereocenters. The van der Waals surface area contributed by atoms with Crippen molar-refractivity contribution >= 4 is 58.0 Å². The minimum absolute atomic E-state index is 0. The first-order chi connectivity index (χ1) is 13.1. The largest absolute Gasteiger partial charge is 0.357 e. The van der Waals surface area contributed by atoms with Crippen LogP contribution in [0.3, 0.4) is 0 Å². The van der Waals surface area contributed by atoms with Crippen molar-refractivity contribution in [2.45, 2.75) is 32.7 Å². The van der Waals surface area contributed by atoms with Crippen LogP contribution < -0.4 is 10.2 Å². The number of rotatable bonds is 7. The topological polar surface area (TPSA) is 48.7 Å². The molecule has 2 aromatic rings. The summed E-state index contributed by atoms with van der Waals surface area (Å²) >= 11 is 7.85. The molecule has 28 heavy (non-hydrogen) atoms. The van der Waals surface area contributed by atoms with Gasteiger partial charge in [0, 0.05) is 64.0 Å². The molecule has 1 fully saturated rings. The van der Waals surface area contributed by atoms with Crippen LogP contribution in [-0.2, 0) is 20.0 Å². The number of nitrogens with zero attached hydrogens (tertiary/aromatic N) is 5. The number of hydrogen-bond donors (Lipinski definition) is 1. The fraction of sp³-hybridized carbons (Fsp3) is 0.579. The molecule has 0 radical (unpaired) electrons. The van der Waals surface area contributed by atoms with E-state index in [4.69, 9.17) is 21.6 Å². The quantitative estimate of drug-likeness (QED) is 0.330. The van der Waals surface area contributed by atoms with Crippen LogP contribution in [0.2, 0.25) is 5.02 Å². The van der Waals surface area contributed by atoms with Gasteiger partial charge in [-0.3, -0.25) is 4.99 Å². The van der Waals surface area contributed by atoms with Crippen LogP contribution >= 0.6 is 46.9 Å². The lowest BCUT2D eigenvalue weighted by molar-refractivity contribution is 0.462. The normalized spacial score (nSPS) is 14.3. The van der Waals surface area contributed by atoms with Gasteiger partial charge < -0.3 is 19.7 Å². The molecule has 1 N–H and O–H groups in total. The van der Waals surface area contributed by atoms with E-state index in [1.165, 1.54) is 12.8 Å². The van der Waals surface area contributed by atoms with E-state index in [2.05, 4.69) is 39.0 Å². The zero-order valence-electron chi connectivity index (χ0n) is 16.8. The monoisotopic (exact) mass is 536 g/mol. The van der Waals surface area contributed by atoms with Gasteiger partial charge in [-0.1, -0.05) is 11.6 Å². The molecule has 1 aliphatic heterocycles. The molecule has 0 saturated carbocycles. The van der Waals surface area contributed by atoms with E-state index < -0.39 is 0 Å². The van der Waals surface area contributed by atoms with E-state index in [1.807, 2.05) is 19.3 Å². The fourth-order valence-electron chi connectivity index (χ4n) is 3.25. The van der Waals surface area contributed by atoms with Crippen molar-refractivity contribution < 1.29 is 0 Å². The van der Waals surface area contributed by atoms with Crippen LogP contribution in [0.5, 0.6) is 0 Å². The molecule has 0 spiro atoms. The fourth-order valence-corrected chi connectivity index (χ4v) is 4.44. The molecule has 0 amide bonds. The summed E-state index contributed by atoms with van der Waals surface area (Å²) in [5, 5.41) is 7.47. The first kappa shape index (κ1) is 23.3. The molecule has 9 heteroatoms. The highest BCUT2D eigenvalue weighted by Crippen LogP contribution is 2.24. The Balaban J connectivity index is 0.00000280. The minimum Gasteiger partial charge on any atom is -0.357 e. The first-order valence-corrected chi connectivity index (χ1v) is 10.8.